The van der Waals surface area contributed by atoms with E-state index in [0.29, 0.717) is 68.3 Å². The number of aryl methyl sites for hydroxylation is 2. The van der Waals surface area contributed by atoms with Crippen molar-refractivity contribution in [1.29, 1.82) is 0 Å². The fraction of sp³-hybridized carbons (Fsp3) is 0.375. The maximum absolute atomic E-state index is 13.0. The highest BCUT2D eigenvalue weighted by Gasteiger charge is 2.24. The summed E-state index contributed by atoms with van der Waals surface area (Å²) in [5.74, 6) is 0.497. The molecule has 2 aromatic heterocycles. The molecule has 0 radical (unpaired) electrons. The van der Waals surface area contributed by atoms with Gasteiger partial charge in [-0.3, -0.25) is 9.59 Å². The van der Waals surface area contributed by atoms with E-state index in [4.69, 9.17) is 32.2 Å². The first kappa shape index (κ1) is 31.7. The Kier molecular flexibility index (Phi) is 10.7. The van der Waals surface area contributed by atoms with Gasteiger partial charge < -0.3 is 29.5 Å². The van der Waals surface area contributed by atoms with Gasteiger partial charge in [-0.15, -0.1) is 0 Å². The van der Waals surface area contributed by atoms with Crippen LogP contribution < -0.4 is 10.6 Å². The molecule has 2 N–H and O–H groups in total. The first-order valence-corrected chi connectivity index (χ1v) is 15.5. The Bertz CT molecular complexity index is 1480. The standard InChI is InChI=1S/C32H36Cl2N6O4/c1-21-27(29(37-43-21)23-9-3-5-11-25(23)33)31(41)35-13-7-15-39-17-19-40(20-18-39)16-8-14-36-32(42)28-22(2)44-38-30(28)24-10-4-6-12-26(24)34/h3-6,9-12H,7-8,13-20H2,1-2H3,(H,35,41)(H,36,42). The van der Waals surface area contributed by atoms with Crippen LogP contribution in [-0.2, 0) is 0 Å². The molecule has 0 unspecified atom stereocenters. The molecule has 44 heavy (non-hydrogen) atoms. The van der Waals surface area contributed by atoms with Gasteiger partial charge in [0.25, 0.3) is 11.8 Å². The fourth-order valence-electron chi connectivity index (χ4n) is 5.38. The minimum Gasteiger partial charge on any atom is -0.360 e. The van der Waals surface area contributed by atoms with Crippen LogP contribution in [0.3, 0.4) is 0 Å². The summed E-state index contributed by atoms with van der Waals surface area (Å²) in [5, 5.41) is 15.2. The van der Waals surface area contributed by atoms with Gasteiger partial charge in [0.2, 0.25) is 0 Å². The zero-order chi connectivity index (χ0) is 31.1. The van der Waals surface area contributed by atoms with Crippen molar-refractivity contribution < 1.29 is 18.6 Å². The highest BCUT2D eigenvalue weighted by Crippen LogP contribution is 2.32. The Morgan fingerprint density at radius 1 is 0.705 bits per heavy atom. The summed E-state index contributed by atoms with van der Waals surface area (Å²) in [7, 11) is 0. The topological polar surface area (TPSA) is 117 Å². The summed E-state index contributed by atoms with van der Waals surface area (Å²) in [6.45, 7) is 10.2. The summed E-state index contributed by atoms with van der Waals surface area (Å²) in [6, 6.07) is 14.5. The second-order valence-corrected chi connectivity index (χ2v) is 11.6. The molecule has 0 bridgehead atoms. The lowest BCUT2D eigenvalue weighted by atomic mass is 10.1. The number of aromatic nitrogens is 2. The lowest BCUT2D eigenvalue weighted by Gasteiger charge is -2.34. The highest BCUT2D eigenvalue weighted by molar-refractivity contribution is 6.33. The number of nitrogens with one attached hydrogen (secondary N) is 2. The lowest BCUT2D eigenvalue weighted by Crippen LogP contribution is -2.47. The van der Waals surface area contributed by atoms with E-state index in [1.54, 1.807) is 26.0 Å². The van der Waals surface area contributed by atoms with Crippen molar-refractivity contribution >= 4 is 35.0 Å². The molecule has 0 spiro atoms. The molecule has 5 rings (SSSR count). The van der Waals surface area contributed by atoms with E-state index in [9.17, 15) is 9.59 Å². The zero-order valence-corrected chi connectivity index (χ0v) is 26.4. The van der Waals surface area contributed by atoms with E-state index in [1.165, 1.54) is 0 Å². The second kappa shape index (κ2) is 14.9. The molecular weight excluding hydrogens is 603 g/mol. The fourth-order valence-corrected chi connectivity index (χ4v) is 5.83. The number of carbonyl (C=O) groups excluding carboxylic acids is 2. The van der Waals surface area contributed by atoms with Crippen molar-refractivity contribution in [1.82, 2.24) is 30.7 Å². The Morgan fingerprint density at radius 3 is 1.48 bits per heavy atom. The summed E-state index contributed by atoms with van der Waals surface area (Å²) in [6.07, 6.45) is 1.67. The Balaban J connectivity index is 0.993. The number of rotatable bonds is 12. The molecule has 3 heterocycles. The van der Waals surface area contributed by atoms with Gasteiger partial charge >= 0.3 is 0 Å². The van der Waals surface area contributed by atoms with Crippen LogP contribution in [0.25, 0.3) is 22.5 Å². The van der Waals surface area contributed by atoms with Crippen molar-refractivity contribution in [3.8, 4) is 22.5 Å². The van der Waals surface area contributed by atoms with Gasteiger partial charge in [-0.05, 0) is 51.9 Å². The third kappa shape index (κ3) is 7.50. The number of halogens is 2. The van der Waals surface area contributed by atoms with Crippen molar-refractivity contribution in [2.24, 2.45) is 0 Å². The van der Waals surface area contributed by atoms with Crippen LogP contribution in [-0.4, -0.2) is 84.3 Å². The molecule has 1 aliphatic heterocycles. The normalized spacial score (nSPS) is 14.1. The van der Waals surface area contributed by atoms with E-state index >= 15 is 0 Å². The molecule has 0 aliphatic carbocycles. The van der Waals surface area contributed by atoms with E-state index in [-0.39, 0.29) is 11.8 Å². The molecule has 4 aromatic rings. The zero-order valence-electron chi connectivity index (χ0n) is 24.9. The lowest BCUT2D eigenvalue weighted by molar-refractivity contribution is 0.0933. The van der Waals surface area contributed by atoms with Crippen LogP contribution in [0.4, 0.5) is 0 Å². The molecular formula is C32H36Cl2N6O4. The van der Waals surface area contributed by atoms with E-state index in [0.717, 1.165) is 52.1 Å². The average Bonchev–Trinajstić information content (AvgIpc) is 3.60. The van der Waals surface area contributed by atoms with Crippen LogP contribution in [0.2, 0.25) is 10.0 Å². The van der Waals surface area contributed by atoms with Gasteiger partial charge in [0, 0.05) is 50.4 Å². The van der Waals surface area contributed by atoms with Gasteiger partial charge in [0.05, 0.1) is 10.0 Å². The molecule has 1 aliphatic rings. The summed E-state index contributed by atoms with van der Waals surface area (Å²) >= 11 is 12.6. The Hall–Kier alpha value is -3.70. The smallest absolute Gasteiger partial charge is 0.257 e. The average molecular weight is 640 g/mol. The molecule has 12 heteroatoms. The summed E-state index contributed by atoms with van der Waals surface area (Å²) in [4.78, 5) is 30.7. The maximum atomic E-state index is 13.0. The van der Waals surface area contributed by atoms with Gasteiger partial charge in [-0.1, -0.05) is 69.9 Å². The molecule has 2 amide bonds. The van der Waals surface area contributed by atoms with E-state index < -0.39 is 0 Å². The van der Waals surface area contributed by atoms with Gasteiger partial charge in [-0.25, -0.2) is 0 Å². The number of piperazine rings is 1. The number of carbonyl (C=O) groups is 2. The monoisotopic (exact) mass is 638 g/mol. The SMILES string of the molecule is Cc1onc(-c2ccccc2Cl)c1C(=O)NCCCN1CCN(CCCNC(=O)c2c(-c3ccccc3Cl)noc2C)CC1. The predicted molar refractivity (Wildman–Crippen MR) is 170 cm³/mol. The minimum absolute atomic E-state index is 0.213. The summed E-state index contributed by atoms with van der Waals surface area (Å²) in [5.41, 5.74) is 3.09. The second-order valence-electron chi connectivity index (χ2n) is 10.8. The van der Waals surface area contributed by atoms with Crippen LogP contribution in [0.15, 0.2) is 57.6 Å². The third-order valence-electron chi connectivity index (χ3n) is 7.78. The minimum atomic E-state index is -0.213. The van der Waals surface area contributed by atoms with Gasteiger partial charge in [-0.2, -0.15) is 0 Å². The quantitative estimate of drug-likeness (QED) is 0.196. The summed E-state index contributed by atoms with van der Waals surface area (Å²) < 4.78 is 10.6. The first-order valence-electron chi connectivity index (χ1n) is 14.8. The number of hydrogen-bond acceptors (Lipinski definition) is 8. The third-order valence-corrected chi connectivity index (χ3v) is 8.43. The van der Waals surface area contributed by atoms with E-state index in [2.05, 4.69) is 30.7 Å². The van der Waals surface area contributed by atoms with Crippen LogP contribution in [0.5, 0.6) is 0 Å². The van der Waals surface area contributed by atoms with Gasteiger partial charge in [0.1, 0.15) is 34.0 Å². The highest BCUT2D eigenvalue weighted by atomic mass is 35.5. The van der Waals surface area contributed by atoms with Crippen LogP contribution in [0.1, 0.15) is 45.1 Å². The van der Waals surface area contributed by atoms with E-state index in [1.807, 2.05) is 36.4 Å². The van der Waals surface area contributed by atoms with Crippen molar-refractivity contribution in [2.75, 3.05) is 52.4 Å². The maximum Gasteiger partial charge on any atom is 0.257 e. The van der Waals surface area contributed by atoms with Crippen molar-refractivity contribution in [3.05, 3.63) is 81.2 Å². The van der Waals surface area contributed by atoms with Crippen LogP contribution in [0, 0.1) is 13.8 Å². The van der Waals surface area contributed by atoms with Crippen molar-refractivity contribution in [3.63, 3.8) is 0 Å². The molecule has 1 saturated heterocycles. The predicted octanol–water partition coefficient (Wildman–Crippen LogP) is 5.48. The number of hydrogen-bond donors (Lipinski definition) is 2. The Labute approximate surface area is 266 Å². The molecule has 1 fully saturated rings. The van der Waals surface area contributed by atoms with Crippen molar-refractivity contribution in [2.45, 2.75) is 26.7 Å². The number of nitrogens with zero attached hydrogens (tertiary/aromatic N) is 4. The molecule has 0 atom stereocenters. The number of benzene rings is 2. The Morgan fingerprint density at radius 2 is 1.09 bits per heavy atom. The van der Waals surface area contributed by atoms with Crippen LogP contribution >= 0.6 is 23.2 Å². The molecule has 232 valence electrons. The first-order chi connectivity index (χ1) is 21.3. The van der Waals surface area contributed by atoms with Gasteiger partial charge in [0.15, 0.2) is 0 Å². The molecule has 10 nitrogen and oxygen atoms in total. The largest absolute Gasteiger partial charge is 0.360 e. The molecule has 2 aromatic carbocycles. The molecule has 0 saturated carbocycles. The number of amides is 2.